The lowest BCUT2D eigenvalue weighted by Crippen LogP contribution is -2.24. The van der Waals surface area contributed by atoms with Gasteiger partial charge in [-0.1, -0.05) is 82.6 Å². The number of para-hydroxylation sites is 3. The monoisotopic (exact) mass is 349 g/mol. The summed E-state index contributed by atoms with van der Waals surface area (Å²) in [6.45, 7) is 2.47. The molecule has 2 aromatic carbocycles. The quantitative estimate of drug-likeness (QED) is 0.486. The maximum absolute atomic E-state index is 6.21. The van der Waals surface area contributed by atoms with E-state index < -0.39 is 0 Å². The predicted molar refractivity (Wildman–Crippen MR) is 110 cm³/mol. The number of benzene rings is 2. The fourth-order valence-electron chi connectivity index (χ4n) is 4.65. The van der Waals surface area contributed by atoms with E-state index in [1.165, 1.54) is 75.5 Å². The van der Waals surface area contributed by atoms with Gasteiger partial charge in [0.05, 0.1) is 11.4 Å². The minimum atomic E-state index is 0.221. The van der Waals surface area contributed by atoms with E-state index in [0.29, 0.717) is 0 Å². The van der Waals surface area contributed by atoms with Crippen LogP contribution in [0.2, 0.25) is 0 Å². The van der Waals surface area contributed by atoms with Crippen molar-refractivity contribution >= 4 is 11.4 Å². The van der Waals surface area contributed by atoms with Gasteiger partial charge in [0.2, 0.25) is 0 Å². The summed E-state index contributed by atoms with van der Waals surface area (Å²) < 4.78 is 6.21. The second-order valence-corrected chi connectivity index (χ2v) is 8.29. The number of nitrogens with one attached hydrogen (secondary N) is 1. The first-order valence-electron chi connectivity index (χ1n) is 10.4. The van der Waals surface area contributed by atoms with E-state index in [0.717, 1.165) is 17.2 Å². The number of ether oxygens (including phenoxy) is 1. The Kier molecular flexibility index (Phi) is 5.19. The average Bonchev–Trinajstić information content (AvgIpc) is 2.71. The third-order valence-corrected chi connectivity index (χ3v) is 6.25. The van der Waals surface area contributed by atoms with Gasteiger partial charge < -0.3 is 10.1 Å². The van der Waals surface area contributed by atoms with Gasteiger partial charge in [-0.3, -0.25) is 0 Å². The summed E-state index contributed by atoms with van der Waals surface area (Å²) in [5, 5.41) is 3.68. The summed E-state index contributed by atoms with van der Waals surface area (Å²) in [5.74, 6) is 1.89. The van der Waals surface area contributed by atoms with Crippen molar-refractivity contribution in [1.82, 2.24) is 0 Å². The minimum Gasteiger partial charge on any atom is -0.453 e. The van der Waals surface area contributed by atoms with Crippen LogP contribution in [-0.2, 0) is 5.41 Å². The highest BCUT2D eigenvalue weighted by atomic mass is 16.5. The maximum atomic E-state index is 6.21. The number of rotatable bonds is 1. The van der Waals surface area contributed by atoms with Gasteiger partial charge in [-0.05, 0) is 42.0 Å². The molecule has 0 atom stereocenters. The second kappa shape index (κ2) is 7.73. The molecule has 1 aliphatic heterocycles. The maximum Gasteiger partial charge on any atom is 0.151 e. The Labute approximate surface area is 158 Å². The highest BCUT2D eigenvalue weighted by Crippen LogP contribution is 2.48. The van der Waals surface area contributed by atoms with E-state index in [1.54, 1.807) is 0 Å². The first kappa shape index (κ1) is 17.5. The molecule has 0 bridgehead atoms. The molecule has 4 rings (SSSR count). The van der Waals surface area contributed by atoms with Crippen molar-refractivity contribution in [3.05, 3.63) is 48.0 Å². The number of fused-ring (bicyclic) bond motifs is 2. The molecular weight excluding hydrogens is 318 g/mol. The number of hydrogen-bond acceptors (Lipinski definition) is 2. The van der Waals surface area contributed by atoms with Gasteiger partial charge in [0.15, 0.2) is 11.5 Å². The lowest BCUT2D eigenvalue weighted by molar-refractivity contribution is 0.369. The van der Waals surface area contributed by atoms with Crippen LogP contribution in [0.1, 0.15) is 76.7 Å². The van der Waals surface area contributed by atoms with Crippen molar-refractivity contribution in [2.75, 3.05) is 5.32 Å². The summed E-state index contributed by atoms with van der Waals surface area (Å²) in [6.07, 6.45) is 13.6. The van der Waals surface area contributed by atoms with Crippen molar-refractivity contribution in [2.45, 2.75) is 76.5 Å². The molecule has 0 spiro atoms. The van der Waals surface area contributed by atoms with E-state index >= 15 is 0 Å². The molecule has 1 saturated carbocycles. The zero-order chi connectivity index (χ0) is 17.8. The third-order valence-electron chi connectivity index (χ3n) is 6.25. The van der Waals surface area contributed by atoms with Crippen LogP contribution in [0.3, 0.4) is 0 Å². The highest BCUT2D eigenvalue weighted by molar-refractivity contribution is 5.78. The van der Waals surface area contributed by atoms with Gasteiger partial charge in [0, 0.05) is 0 Å². The summed E-state index contributed by atoms with van der Waals surface area (Å²) in [6, 6.07) is 14.8. The Morgan fingerprint density at radius 1 is 0.731 bits per heavy atom. The Morgan fingerprint density at radius 3 is 2.08 bits per heavy atom. The SMILES string of the molecule is CC1(c2cccc3c2Nc2ccccc2O3)CCCCCCCCCC1. The molecule has 0 saturated heterocycles. The third kappa shape index (κ3) is 3.60. The summed E-state index contributed by atoms with van der Waals surface area (Å²) in [7, 11) is 0. The van der Waals surface area contributed by atoms with Crippen molar-refractivity contribution in [2.24, 2.45) is 0 Å². The van der Waals surface area contributed by atoms with Gasteiger partial charge in [-0.2, -0.15) is 0 Å². The van der Waals surface area contributed by atoms with Crippen LogP contribution in [0.25, 0.3) is 0 Å². The second-order valence-electron chi connectivity index (χ2n) is 8.29. The van der Waals surface area contributed by atoms with Gasteiger partial charge >= 0.3 is 0 Å². The Bertz CT molecular complexity index is 740. The van der Waals surface area contributed by atoms with E-state index in [9.17, 15) is 0 Å². The summed E-state index contributed by atoms with van der Waals surface area (Å²) in [4.78, 5) is 0. The summed E-state index contributed by atoms with van der Waals surface area (Å²) in [5.41, 5.74) is 3.92. The summed E-state index contributed by atoms with van der Waals surface area (Å²) >= 11 is 0. The van der Waals surface area contributed by atoms with E-state index in [1.807, 2.05) is 12.1 Å². The van der Waals surface area contributed by atoms with Gasteiger partial charge in [-0.25, -0.2) is 0 Å². The normalized spacial score (nSPS) is 19.9. The first-order valence-corrected chi connectivity index (χ1v) is 10.4. The zero-order valence-corrected chi connectivity index (χ0v) is 16.0. The van der Waals surface area contributed by atoms with Crippen LogP contribution in [-0.4, -0.2) is 0 Å². The van der Waals surface area contributed by atoms with Crippen molar-refractivity contribution in [3.63, 3.8) is 0 Å². The Balaban J connectivity index is 1.65. The lowest BCUT2D eigenvalue weighted by Gasteiger charge is -2.35. The van der Waals surface area contributed by atoms with Gasteiger partial charge in [-0.15, -0.1) is 0 Å². The topological polar surface area (TPSA) is 21.3 Å². The standard InChI is InChI=1S/C24H31NO/c1-24(17-10-6-4-2-3-5-7-11-18-24)19-13-12-16-22-23(19)25-20-14-8-9-15-21(20)26-22/h8-9,12-16,25H,2-7,10-11,17-18H2,1H3. The number of anilines is 2. The molecule has 0 radical (unpaired) electrons. The molecule has 1 fully saturated rings. The van der Waals surface area contributed by atoms with Gasteiger partial charge in [0.1, 0.15) is 0 Å². The van der Waals surface area contributed by atoms with Crippen molar-refractivity contribution in [3.8, 4) is 11.5 Å². The van der Waals surface area contributed by atoms with Crippen LogP contribution in [0.15, 0.2) is 42.5 Å². The molecule has 26 heavy (non-hydrogen) atoms. The molecule has 1 aliphatic carbocycles. The largest absolute Gasteiger partial charge is 0.453 e. The average molecular weight is 350 g/mol. The molecule has 2 aromatic rings. The molecule has 1 N–H and O–H groups in total. The highest BCUT2D eigenvalue weighted by Gasteiger charge is 2.31. The van der Waals surface area contributed by atoms with Crippen LogP contribution in [0.5, 0.6) is 11.5 Å². The van der Waals surface area contributed by atoms with E-state index in [4.69, 9.17) is 4.74 Å². The zero-order valence-electron chi connectivity index (χ0n) is 16.0. The molecule has 138 valence electrons. The Morgan fingerprint density at radius 2 is 1.35 bits per heavy atom. The van der Waals surface area contributed by atoms with Crippen LogP contribution in [0.4, 0.5) is 11.4 Å². The van der Waals surface area contributed by atoms with Crippen LogP contribution >= 0.6 is 0 Å². The Hall–Kier alpha value is -1.96. The molecule has 1 heterocycles. The van der Waals surface area contributed by atoms with E-state index in [-0.39, 0.29) is 5.41 Å². The first-order chi connectivity index (χ1) is 12.8. The molecule has 2 aliphatic rings. The van der Waals surface area contributed by atoms with Crippen molar-refractivity contribution < 1.29 is 4.74 Å². The lowest BCUT2D eigenvalue weighted by atomic mass is 9.73. The van der Waals surface area contributed by atoms with Crippen LogP contribution in [0, 0.1) is 0 Å². The van der Waals surface area contributed by atoms with Gasteiger partial charge in [0.25, 0.3) is 0 Å². The van der Waals surface area contributed by atoms with Crippen LogP contribution < -0.4 is 10.1 Å². The number of hydrogen-bond donors (Lipinski definition) is 1. The fraction of sp³-hybridized carbons (Fsp3) is 0.500. The predicted octanol–water partition coefficient (Wildman–Crippen LogP) is 7.71. The molecule has 0 aromatic heterocycles. The molecule has 2 nitrogen and oxygen atoms in total. The molecular formula is C24H31NO. The van der Waals surface area contributed by atoms with E-state index in [2.05, 4.69) is 42.6 Å². The molecule has 0 amide bonds. The minimum absolute atomic E-state index is 0.221. The van der Waals surface area contributed by atoms with Crippen molar-refractivity contribution in [1.29, 1.82) is 0 Å². The molecule has 2 heteroatoms. The fourth-order valence-corrected chi connectivity index (χ4v) is 4.65. The smallest absolute Gasteiger partial charge is 0.151 e. The molecule has 0 unspecified atom stereocenters.